The highest BCUT2D eigenvalue weighted by molar-refractivity contribution is 9.08. The fourth-order valence-corrected chi connectivity index (χ4v) is 2.80. The average Bonchev–Trinajstić information content (AvgIpc) is 2.73. The predicted molar refractivity (Wildman–Crippen MR) is 61.9 cm³/mol. The first-order valence-electron chi connectivity index (χ1n) is 5.64. The lowest BCUT2D eigenvalue weighted by Gasteiger charge is -2.24. The Morgan fingerprint density at radius 3 is 2.62 bits per heavy atom. The quantitative estimate of drug-likeness (QED) is 0.763. The first-order valence-corrected chi connectivity index (χ1v) is 6.76. The summed E-state index contributed by atoms with van der Waals surface area (Å²) < 4.78 is 27.5. The van der Waals surface area contributed by atoms with Crippen molar-refractivity contribution in [2.24, 2.45) is 0 Å². The van der Waals surface area contributed by atoms with Gasteiger partial charge in [0.05, 0.1) is 12.2 Å². The number of aromatic nitrogens is 2. The van der Waals surface area contributed by atoms with Gasteiger partial charge < -0.3 is 0 Å². The fraction of sp³-hybridized carbons (Fsp3) is 0.727. The average molecular weight is 293 g/mol. The third-order valence-electron chi connectivity index (χ3n) is 3.19. The van der Waals surface area contributed by atoms with Gasteiger partial charge in [0.15, 0.2) is 0 Å². The lowest BCUT2D eigenvalue weighted by atomic mass is 9.95. The Balaban J connectivity index is 2.28. The van der Waals surface area contributed by atoms with Gasteiger partial charge in [-0.15, -0.1) is 0 Å². The highest BCUT2D eigenvalue weighted by Crippen LogP contribution is 2.33. The van der Waals surface area contributed by atoms with E-state index in [9.17, 15) is 8.78 Å². The molecule has 2 rings (SSSR count). The van der Waals surface area contributed by atoms with Crippen LogP contribution in [0, 0.1) is 0 Å². The van der Waals surface area contributed by atoms with Gasteiger partial charge in [-0.3, -0.25) is 4.68 Å². The van der Waals surface area contributed by atoms with E-state index in [0.29, 0.717) is 10.9 Å². The zero-order valence-corrected chi connectivity index (χ0v) is 10.6. The van der Waals surface area contributed by atoms with E-state index >= 15 is 0 Å². The van der Waals surface area contributed by atoms with Gasteiger partial charge in [0, 0.05) is 10.9 Å². The van der Waals surface area contributed by atoms with E-state index in [-0.39, 0.29) is 11.7 Å². The van der Waals surface area contributed by atoms with Crippen LogP contribution in [0.5, 0.6) is 0 Å². The molecular weight excluding hydrogens is 278 g/mol. The summed E-state index contributed by atoms with van der Waals surface area (Å²) >= 11 is 3.23. The van der Waals surface area contributed by atoms with Crippen LogP contribution < -0.4 is 0 Å². The number of hydrogen-bond donors (Lipinski definition) is 0. The van der Waals surface area contributed by atoms with Crippen LogP contribution >= 0.6 is 15.9 Å². The zero-order valence-electron chi connectivity index (χ0n) is 9.00. The molecule has 1 heterocycles. The van der Waals surface area contributed by atoms with E-state index in [1.54, 1.807) is 10.9 Å². The van der Waals surface area contributed by atoms with E-state index in [2.05, 4.69) is 21.0 Å². The Bertz CT molecular complexity index is 346. The third-order valence-corrected chi connectivity index (χ3v) is 3.79. The molecular formula is C11H15BrF2N2. The molecule has 0 N–H and O–H groups in total. The van der Waals surface area contributed by atoms with Gasteiger partial charge in [0.25, 0.3) is 6.43 Å². The maximum atomic E-state index is 13.0. The second kappa shape index (κ2) is 5.25. The van der Waals surface area contributed by atoms with Crippen molar-refractivity contribution in [2.75, 3.05) is 0 Å². The van der Waals surface area contributed by atoms with Crippen molar-refractivity contribution >= 4 is 15.9 Å². The van der Waals surface area contributed by atoms with Crippen molar-refractivity contribution in [3.8, 4) is 0 Å². The van der Waals surface area contributed by atoms with E-state index in [1.165, 1.54) is 6.42 Å². The van der Waals surface area contributed by atoms with Crippen LogP contribution in [-0.2, 0) is 5.33 Å². The maximum absolute atomic E-state index is 13.0. The molecule has 1 aromatic heterocycles. The molecule has 1 aliphatic carbocycles. The Morgan fingerprint density at radius 1 is 1.38 bits per heavy atom. The highest BCUT2D eigenvalue weighted by Gasteiger charge is 2.25. The molecule has 0 aromatic carbocycles. The Morgan fingerprint density at radius 2 is 2.06 bits per heavy atom. The number of rotatable bonds is 3. The van der Waals surface area contributed by atoms with E-state index < -0.39 is 6.43 Å². The second-order valence-corrected chi connectivity index (χ2v) is 4.79. The third kappa shape index (κ3) is 2.29. The summed E-state index contributed by atoms with van der Waals surface area (Å²) in [5.41, 5.74) is 0.712. The first kappa shape index (κ1) is 12.0. The van der Waals surface area contributed by atoms with Crippen molar-refractivity contribution in [1.29, 1.82) is 0 Å². The fourth-order valence-electron chi connectivity index (χ4n) is 2.37. The van der Waals surface area contributed by atoms with Crippen LogP contribution in [-0.4, -0.2) is 9.78 Å². The van der Waals surface area contributed by atoms with E-state index in [4.69, 9.17) is 0 Å². The smallest absolute Gasteiger partial charge is 0.260 e. The minimum atomic E-state index is -2.43. The minimum absolute atomic E-state index is 0.101. The number of nitrogens with zero attached hydrogens (tertiary/aromatic N) is 2. The van der Waals surface area contributed by atoms with Crippen molar-refractivity contribution in [3.63, 3.8) is 0 Å². The van der Waals surface area contributed by atoms with Gasteiger partial charge in [0.2, 0.25) is 0 Å². The monoisotopic (exact) mass is 292 g/mol. The molecule has 1 fully saturated rings. The number of halogens is 3. The summed E-state index contributed by atoms with van der Waals surface area (Å²) in [6.07, 6.45) is 4.54. The minimum Gasteiger partial charge on any atom is -0.260 e. The number of hydrogen-bond acceptors (Lipinski definition) is 1. The molecule has 0 atom stereocenters. The molecule has 1 aromatic rings. The van der Waals surface area contributed by atoms with Crippen molar-refractivity contribution in [1.82, 2.24) is 9.78 Å². The topological polar surface area (TPSA) is 17.8 Å². The predicted octanol–water partition coefficient (Wildman–Crippen LogP) is 4.22. The molecule has 1 saturated carbocycles. The van der Waals surface area contributed by atoms with Crippen LogP contribution in [0.1, 0.15) is 55.8 Å². The molecule has 0 unspecified atom stereocenters. The van der Waals surface area contributed by atoms with Gasteiger partial charge in [-0.2, -0.15) is 5.10 Å². The first-order chi connectivity index (χ1) is 7.74. The molecule has 1 aliphatic rings. The van der Waals surface area contributed by atoms with E-state index in [1.807, 2.05) is 0 Å². The summed E-state index contributed by atoms with van der Waals surface area (Å²) in [7, 11) is 0. The van der Waals surface area contributed by atoms with Gasteiger partial charge in [-0.05, 0) is 12.8 Å². The Kier molecular flexibility index (Phi) is 3.95. The molecule has 0 aliphatic heterocycles. The van der Waals surface area contributed by atoms with Crippen molar-refractivity contribution in [2.45, 2.75) is 49.9 Å². The lowest BCUT2D eigenvalue weighted by Crippen LogP contribution is -2.17. The van der Waals surface area contributed by atoms with E-state index in [0.717, 1.165) is 25.7 Å². The summed E-state index contributed by atoms with van der Waals surface area (Å²) in [5, 5.41) is 4.58. The standard InChI is InChI=1S/C11H15BrF2N2/c12-6-8-7-15-16(10(8)11(13)14)9-4-2-1-3-5-9/h7,9,11H,1-6H2. The highest BCUT2D eigenvalue weighted by atomic mass is 79.9. The summed E-state index contributed by atoms with van der Waals surface area (Å²) in [6.45, 7) is 0. The van der Waals surface area contributed by atoms with Crippen LogP contribution in [0.25, 0.3) is 0 Å². The van der Waals surface area contributed by atoms with Gasteiger partial charge in [-0.25, -0.2) is 8.78 Å². The number of alkyl halides is 3. The van der Waals surface area contributed by atoms with Crippen LogP contribution in [0.15, 0.2) is 6.20 Å². The second-order valence-electron chi connectivity index (χ2n) is 4.23. The van der Waals surface area contributed by atoms with Gasteiger partial charge in [-0.1, -0.05) is 35.2 Å². The molecule has 90 valence electrons. The Hall–Kier alpha value is -0.450. The summed E-state index contributed by atoms with van der Waals surface area (Å²) in [6, 6.07) is 0.172. The molecule has 0 amide bonds. The molecule has 0 spiro atoms. The molecule has 5 heteroatoms. The SMILES string of the molecule is FC(F)c1c(CBr)cnn1C1CCCCC1. The lowest BCUT2D eigenvalue weighted by molar-refractivity contribution is 0.132. The van der Waals surface area contributed by atoms with Crippen LogP contribution in [0.3, 0.4) is 0 Å². The van der Waals surface area contributed by atoms with Crippen LogP contribution in [0.2, 0.25) is 0 Å². The Labute approximate surface area is 102 Å². The summed E-state index contributed by atoms with van der Waals surface area (Å²) in [4.78, 5) is 0. The van der Waals surface area contributed by atoms with Crippen molar-refractivity contribution < 1.29 is 8.78 Å². The normalized spacial score (nSPS) is 18.2. The zero-order chi connectivity index (χ0) is 11.5. The molecule has 0 radical (unpaired) electrons. The largest absolute Gasteiger partial charge is 0.280 e. The van der Waals surface area contributed by atoms with Crippen LogP contribution in [0.4, 0.5) is 8.78 Å². The van der Waals surface area contributed by atoms with Crippen molar-refractivity contribution in [3.05, 3.63) is 17.5 Å². The molecule has 0 bridgehead atoms. The molecule has 0 saturated heterocycles. The molecule has 16 heavy (non-hydrogen) atoms. The van der Waals surface area contributed by atoms with Gasteiger partial charge in [0.1, 0.15) is 5.69 Å². The maximum Gasteiger partial charge on any atom is 0.280 e. The van der Waals surface area contributed by atoms with Gasteiger partial charge >= 0.3 is 0 Å². The molecule has 2 nitrogen and oxygen atoms in total. The summed E-state index contributed by atoms with van der Waals surface area (Å²) in [5.74, 6) is 0.